The van der Waals surface area contributed by atoms with Crippen molar-refractivity contribution in [2.75, 3.05) is 0 Å². The Labute approximate surface area is 79.0 Å². The molecule has 1 saturated heterocycles. The van der Waals surface area contributed by atoms with Crippen LogP contribution in [-0.2, 0) is 9.53 Å². The molecule has 0 radical (unpaired) electrons. The van der Waals surface area contributed by atoms with E-state index in [9.17, 15) is 4.79 Å². The maximum atomic E-state index is 11.2. The molecular formula is C11H16O2. The average Bonchev–Trinajstić information content (AvgIpc) is 2.28. The van der Waals surface area contributed by atoms with Crippen molar-refractivity contribution in [1.82, 2.24) is 0 Å². The third-order valence-electron chi connectivity index (χ3n) is 3.33. The number of hydrogen-bond donors (Lipinski definition) is 0. The first-order valence-corrected chi connectivity index (χ1v) is 5.08. The van der Waals surface area contributed by atoms with E-state index in [1.165, 1.54) is 12.8 Å². The van der Waals surface area contributed by atoms with Gasteiger partial charge in [-0.2, -0.15) is 0 Å². The Kier molecular flexibility index (Phi) is 2.14. The van der Waals surface area contributed by atoms with Crippen molar-refractivity contribution >= 4 is 5.97 Å². The van der Waals surface area contributed by atoms with Crippen LogP contribution in [0, 0.1) is 11.8 Å². The van der Waals surface area contributed by atoms with Crippen LogP contribution in [0.5, 0.6) is 0 Å². The van der Waals surface area contributed by atoms with Crippen molar-refractivity contribution in [2.45, 2.75) is 38.7 Å². The minimum absolute atomic E-state index is 0.143. The van der Waals surface area contributed by atoms with Gasteiger partial charge in [-0.05, 0) is 31.6 Å². The Morgan fingerprint density at radius 3 is 2.77 bits per heavy atom. The zero-order valence-electron chi connectivity index (χ0n) is 8.08. The molecule has 0 N–H and O–H groups in total. The van der Waals surface area contributed by atoms with Crippen molar-refractivity contribution in [3.05, 3.63) is 12.2 Å². The number of fused-ring (bicyclic) bond motifs is 1. The molecule has 3 atom stereocenters. The van der Waals surface area contributed by atoms with Crippen LogP contribution in [0.4, 0.5) is 0 Å². The molecule has 0 unspecified atom stereocenters. The van der Waals surface area contributed by atoms with E-state index in [-0.39, 0.29) is 12.1 Å². The van der Waals surface area contributed by atoms with Crippen LogP contribution in [0.3, 0.4) is 0 Å². The third-order valence-corrected chi connectivity index (χ3v) is 3.33. The molecule has 2 nitrogen and oxygen atoms in total. The highest BCUT2D eigenvalue weighted by Gasteiger charge is 2.39. The van der Waals surface area contributed by atoms with Gasteiger partial charge in [0.2, 0.25) is 0 Å². The second kappa shape index (κ2) is 3.17. The summed E-state index contributed by atoms with van der Waals surface area (Å²) in [7, 11) is 0. The van der Waals surface area contributed by atoms with E-state index in [2.05, 4.69) is 13.5 Å². The zero-order valence-corrected chi connectivity index (χ0v) is 8.08. The number of esters is 1. The molecular weight excluding hydrogens is 164 g/mol. The summed E-state index contributed by atoms with van der Waals surface area (Å²) in [5, 5.41) is 0. The highest BCUT2D eigenvalue weighted by atomic mass is 16.6. The Balaban J connectivity index is 2.12. The zero-order chi connectivity index (χ0) is 9.42. The lowest BCUT2D eigenvalue weighted by Gasteiger charge is -2.12. The summed E-state index contributed by atoms with van der Waals surface area (Å²) in [4.78, 5) is 11.2. The average molecular weight is 180 g/mol. The van der Waals surface area contributed by atoms with E-state index >= 15 is 0 Å². The summed E-state index contributed by atoms with van der Waals surface area (Å²) >= 11 is 0. The van der Waals surface area contributed by atoms with Crippen LogP contribution < -0.4 is 0 Å². The second-order valence-corrected chi connectivity index (χ2v) is 4.34. The predicted octanol–water partition coefficient (Wildman–Crippen LogP) is 2.29. The van der Waals surface area contributed by atoms with Gasteiger partial charge in [-0.1, -0.05) is 13.5 Å². The predicted molar refractivity (Wildman–Crippen MR) is 50.1 cm³/mol. The van der Waals surface area contributed by atoms with Gasteiger partial charge in [0.05, 0.1) is 0 Å². The number of hydrogen-bond acceptors (Lipinski definition) is 2. The van der Waals surface area contributed by atoms with Crippen molar-refractivity contribution < 1.29 is 9.53 Å². The van der Waals surface area contributed by atoms with Gasteiger partial charge in [0.25, 0.3) is 0 Å². The Hall–Kier alpha value is -0.790. The largest absolute Gasteiger partial charge is 0.458 e. The van der Waals surface area contributed by atoms with Gasteiger partial charge in [0.1, 0.15) is 6.10 Å². The maximum Gasteiger partial charge on any atom is 0.334 e. The smallest absolute Gasteiger partial charge is 0.334 e. The van der Waals surface area contributed by atoms with E-state index in [1.54, 1.807) is 0 Å². The molecule has 0 aromatic rings. The van der Waals surface area contributed by atoms with Gasteiger partial charge < -0.3 is 4.74 Å². The fraction of sp³-hybridized carbons (Fsp3) is 0.727. The first-order valence-electron chi connectivity index (χ1n) is 5.08. The molecule has 1 heterocycles. The van der Waals surface area contributed by atoms with Crippen molar-refractivity contribution in [2.24, 2.45) is 11.8 Å². The molecule has 0 bridgehead atoms. The van der Waals surface area contributed by atoms with Gasteiger partial charge in [0, 0.05) is 11.5 Å². The SMILES string of the molecule is C=C1C(=O)O[C@H]2CC[C@@H](C)CC[C@@H]12. The van der Waals surface area contributed by atoms with E-state index in [4.69, 9.17) is 4.74 Å². The maximum absolute atomic E-state index is 11.2. The summed E-state index contributed by atoms with van der Waals surface area (Å²) in [6, 6.07) is 0. The van der Waals surface area contributed by atoms with Crippen LogP contribution in [0.25, 0.3) is 0 Å². The summed E-state index contributed by atoms with van der Waals surface area (Å²) in [5.74, 6) is 0.930. The number of ether oxygens (including phenoxy) is 1. The van der Waals surface area contributed by atoms with Crippen molar-refractivity contribution in [1.29, 1.82) is 0 Å². The Morgan fingerprint density at radius 1 is 1.31 bits per heavy atom. The Bertz CT molecular complexity index is 244. The lowest BCUT2D eigenvalue weighted by atomic mass is 9.92. The number of rotatable bonds is 0. The van der Waals surface area contributed by atoms with E-state index in [1.807, 2.05) is 0 Å². The molecule has 2 heteroatoms. The van der Waals surface area contributed by atoms with Crippen LogP contribution in [0.15, 0.2) is 12.2 Å². The molecule has 0 spiro atoms. The molecule has 0 amide bonds. The highest BCUT2D eigenvalue weighted by molar-refractivity contribution is 5.90. The van der Waals surface area contributed by atoms with Crippen LogP contribution in [0.1, 0.15) is 32.6 Å². The Morgan fingerprint density at radius 2 is 2.00 bits per heavy atom. The summed E-state index contributed by atoms with van der Waals surface area (Å²) in [6.45, 7) is 6.08. The second-order valence-electron chi connectivity index (χ2n) is 4.34. The van der Waals surface area contributed by atoms with Crippen molar-refractivity contribution in [3.8, 4) is 0 Å². The minimum Gasteiger partial charge on any atom is -0.458 e. The van der Waals surface area contributed by atoms with Gasteiger partial charge in [-0.15, -0.1) is 0 Å². The topological polar surface area (TPSA) is 26.3 Å². The fourth-order valence-electron chi connectivity index (χ4n) is 2.35. The fourth-order valence-corrected chi connectivity index (χ4v) is 2.35. The number of carbonyl (C=O) groups is 1. The molecule has 1 aliphatic heterocycles. The molecule has 13 heavy (non-hydrogen) atoms. The number of carbonyl (C=O) groups excluding carboxylic acids is 1. The molecule has 0 aromatic heterocycles. The molecule has 2 aliphatic rings. The third kappa shape index (κ3) is 1.50. The van der Waals surface area contributed by atoms with E-state index in [0.29, 0.717) is 11.5 Å². The summed E-state index contributed by atoms with van der Waals surface area (Å²) in [5.41, 5.74) is 0.708. The lowest BCUT2D eigenvalue weighted by molar-refractivity contribution is -0.139. The first kappa shape index (κ1) is 8.79. The summed E-state index contributed by atoms with van der Waals surface area (Å²) < 4.78 is 5.27. The van der Waals surface area contributed by atoms with Gasteiger partial charge in [-0.25, -0.2) is 4.79 Å². The highest BCUT2D eigenvalue weighted by Crippen LogP contribution is 2.37. The monoisotopic (exact) mass is 180 g/mol. The van der Waals surface area contributed by atoms with Crippen LogP contribution >= 0.6 is 0 Å². The molecule has 72 valence electrons. The molecule has 2 fully saturated rings. The molecule has 1 aliphatic carbocycles. The van der Waals surface area contributed by atoms with Crippen LogP contribution in [-0.4, -0.2) is 12.1 Å². The van der Waals surface area contributed by atoms with Gasteiger partial charge in [-0.3, -0.25) is 0 Å². The standard InChI is InChI=1S/C11H16O2/c1-7-3-5-9-8(2)11(12)13-10(9)6-4-7/h7,9-10H,2-6H2,1H3/t7-,9-,10-/m0/s1. The van der Waals surface area contributed by atoms with E-state index in [0.717, 1.165) is 18.8 Å². The minimum atomic E-state index is -0.162. The summed E-state index contributed by atoms with van der Waals surface area (Å²) in [6.07, 6.45) is 4.64. The molecule has 0 aromatic carbocycles. The first-order chi connectivity index (χ1) is 6.18. The van der Waals surface area contributed by atoms with Gasteiger partial charge in [0.15, 0.2) is 0 Å². The molecule has 1 saturated carbocycles. The normalized spacial score (nSPS) is 39.6. The lowest BCUT2D eigenvalue weighted by Crippen LogP contribution is -2.14. The van der Waals surface area contributed by atoms with Crippen molar-refractivity contribution in [3.63, 3.8) is 0 Å². The van der Waals surface area contributed by atoms with E-state index < -0.39 is 0 Å². The quantitative estimate of drug-likeness (QED) is 0.422. The molecule has 2 rings (SSSR count). The van der Waals surface area contributed by atoms with Crippen LogP contribution in [0.2, 0.25) is 0 Å². The van der Waals surface area contributed by atoms with Gasteiger partial charge >= 0.3 is 5.97 Å².